The van der Waals surface area contributed by atoms with Gasteiger partial charge in [-0.15, -0.1) is 0 Å². The number of nitrogens with zero attached hydrogens (tertiary/aromatic N) is 1. The van der Waals surface area contributed by atoms with Gasteiger partial charge in [-0.1, -0.05) is 35.8 Å². The molecule has 5 heteroatoms. The molecule has 3 nitrogen and oxygen atoms in total. The molecular weight excluding hydrogens is 290 g/mol. The van der Waals surface area contributed by atoms with Crippen molar-refractivity contribution in [1.82, 2.24) is 4.31 Å². The van der Waals surface area contributed by atoms with Crippen molar-refractivity contribution in [3.05, 3.63) is 28.2 Å². The second-order valence-corrected chi connectivity index (χ2v) is 6.32. The SMILES string of the molecule is CCN(CC)S(=O)(=O)c1cc(Br)ccc1C. The molecule has 0 aliphatic carbocycles. The fourth-order valence-electron chi connectivity index (χ4n) is 1.55. The molecule has 16 heavy (non-hydrogen) atoms. The van der Waals surface area contributed by atoms with E-state index in [0.717, 1.165) is 10.0 Å². The molecule has 1 rings (SSSR count). The van der Waals surface area contributed by atoms with E-state index in [1.54, 1.807) is 12.1 Å². The van der Waals surface area contributed by atoms with Crippen molar-refractivity contribution in [3.63, 3.8) is 0 Å². The van der Waals surface area contributed by atoms with Crippen molar-refractivity contribution >= 4 is 26.0 Å². The maximum absolute atomic E-state index is 12.3. The van der Waals surface area contributed by atoms with Crippen LogP contribution >= 0.6 is 15.9 Å². The van der Waals surface area contributed by atoms with Crippen LogP contribution < -0.4 is 0 Å². The van der Waals surface area contributed by atoms with E-state index in [4.69, 9.17) is 0 Å². The summed E-state index contributed by atoms with van der Waals surface area (Å²) in [4.78, 5) is 0.380. The lowest BCUT2D eigenvalue weighted by Crippen LogP contribution is -2.31. The summed E-state index contributed by atoms with van der Waals surface area (Å²) in [5.74, 6) is 0. The van der Waals surface area contributed by atoms with Crippen LogP contribution in [-0.4, -0.2) is 25.8 Å². The van der Waals surface area contributed by atoms with Crippen LogP contribution in [0, 0.1) is 6.92 Å². The maximum atomic E-state index is 12.3. The van der Waals surface area contributed by atoms with Gasteiger partial charge < -0.3 is 0 Å². The average Bonchev–Trinajstić information content (AvgIpc) is 2.23. The Kier molecular flexibility index (Phi) is 4.52. The van der Waals surface area contributed by atoms with Gasteiger partial charge >= 0.3 is 0 Å². The molecule has 0 atom stereocenters. The van der Waals surface area contributed by atoms with Crippen LogP contribution in [0.5, 0.6) is 0 Å². The number of sulfonamides is 1. The lowest BCUT2D eigenvalue weighted by molar-refractivity contribution is 0.445. The highest BCUT2D eigenvalue weighted by Crippen LogP contribution is 2.23. The van der Waals surface area contributed by atoms with Crippen LogP contribution in [0.15, 0.2) is 27.6 Å². The van der Waals surface area contributed by atoms with E-state index in [-0.39, 0.29) is 0 Å². The van der Waals surface area contributed by atoms with E-state index in [0.29, 0.717) is 18.0 Å². The molecule has 0 fully saturated rings. The molecule has 1 aromatic rings. The van der Waals surface area contributed by atoms with Crippen LogP contribution in [0.25, 0.3) is 0 Å². The molecule has 0 heterocycles. The van der Waals surface area contributed by atoms with Gasteiger partial charge in [0.15, 0.2) is 0 Å². The van der Waals surface area contributed by atoms with Crippen molar-refractivity contribution in [2.45, 2.75) is 25.7 Å². The highest BCUT2D eigenvalue weighted by atomic mass is 79.9. The number of aryl methyl sites for hydroxylation is 1. The maximum Gasteiger partial charge on any atom is 0.243 e. The molecule has 0 bridgehead atoms. The zero-order valence-electron chi connectivity index (χ0n) is 9.70. The van der Waals surface area contributed by atoms with Gasteiger partial charge in [0.25, 0.3) is 0 Å². The quantitative estimate of drug-likeness (QED) is 0.858. The van der Waals surface area contributed by atoms with Crippen molar-refractivity contribution in [1.29, 1.82) is 0 Å². The van der Waals surface area contributed by atoms with Crippen molar-refractivity contribution in [3.8, 4) is 0 Å². The smallest absolute Gasteiger partial charge is 0.207 e. The Morgan fingerprint density at radius 1 is 1.25 bits per heavy atom. The minimum atomic E-state index is -3.35. The van der Waals surface area contributed by atoms with Gasteiger partial charge in [0, 0.05) is 17.6 Å². The molecule has 0 N–H and O–H groups in total. The Hall–Kier alpha value is -0.390. The zero-order chi connectivity index (χ0) is 12.3. The van der Waals surface area contributed by atoms with Crippen LogP contribution in [-0.2, 0) is 10.0 Å². The number of halogens is 1. The minimum absolute atomic E-state index is 0.380. The molecule has 0 unspecified atom stereocenters. The lowest BCUT2D eigenvalue weighted by atomic mass is 10.2. The number of hydrogen-bond acceptors (Lipinski definition) is 2. The van der Waals surface area contributed by atoms with Gasteiger partial charge in [-0.2, -0.15) is 4.31 Å². The minimum Gasteiger partial charge on any atom is -0.207 e. The van der Waals surface area contributed by atoms with Gasteiger partial charge in [-0.3, -0.25) is 0 Å². The summed E-state index contributed by atoms with van der Waals surface area (Å²) in [6.45, 7) is 6.47. The predicted octanol–water partition coefficient (Wildman–Crippen LogP) is 2.79. The summed E-state index contributed by atoms with van der Waals surface area (Å²) < 4.78 is 26.8. The molecule has 0 spiro atoms. The average molecular weight is 306 g/mol. The van der Waals surface area contributed by atoms with Crippen LogP contribution in [0.4, 0.5) is 0 Å². The van der Waals surface area contributed by atoms with E-state index >= 15 is 0 Å². The number of rotatable bonds is 4. The Labute approximate surface area is 106 Å². The molecule has 0 aromatic heterocycles. The third-order valence-electron chi connectivity index (χ3n) is 2.47. The molecule has 0 aliphatic rings. The van der Waals surface area contributed by atoms with Gasteiger partial charge in [0.05, 0.1) is 4.90 Å². The normalized spacial score (nSPS) is 12.1. The zero-order valence-corrected chi connectivity index (χ0v) is 12.1. The van der Waals surface area contributed by atoms with E-state index in [1.807, 2.05) is 26.8 Å². The first-order valence-corrected chi connectivity index (χ1v) is 7.43. The second kappa shape index (κ2) is 5.29. The Balaban J connectivity index is 3.31. The molecule has 0 radical (unpaired) electrons. The van der Waals surface area contributed by atoms with Crippen LogP contribution in [0.2, 0.25) is 0 Å². The highest BCUT2D eigenvalue weighted by Gasteiger charge is 2.23. The first-order valence-electron chi connectivity index (χ1n) is 5.19. The monoisotopic (exact) mass is 305 g/mol. The summed E-state index contributed by atoms with van der Waals surface area (Å²) in [7, 11) is -3.35. The fraction of sp³-hybridized carbons (Fsp3) is 0.455. The molecule has 0 amide bonds. The van der Waals surface area contributed by atoms with Crippen molar-refractivity contribution in [2.24, 2.45) is 0 Å². The summed E-state index contributed by atoms with van der Waals surface area (Å²) in [5.41, 5.74) is 0.773. The Morgan fingerprint density at radius 3 is 2.31 bits per heavy atom. The molecule has 1 aromatic carbocycles. The number of hydrogen-bond donors (Lipinski definition) is 0. The van der Waals surface area contributed by atoms with E-state index < -0.39 is 10.0 Å². The third kappa shape index (κ3) is 2.64. The molecule has 0 saturated carbocycles. The van der Waals surface area contributed by atoms with Crippen molar-refractivity contribution < 1.29 is 8.42 Å². The Morgan fingerprint density at radius 2 is 1.81 bits per heavy atom. The van der Waals surface area contributed by atoms with Gasteiger partial charge in [0.2, 0.25) is 10.0 Å². The van der Waals surface area contributed by atoms with Gasteiger partial charge in [-0.05, 0) is 24.6 Å². The van der Waals surface area contributed by atoms with Crippen LogP contribution in [0.3, 0.4) is 0 Å². The fourth-order valence-corrected chi connectivity index (χ4v) is 3.78. The highest BCUT2D eigenvalue weighted by molar-refractivity contribution is 9.10. The summed E-state index contributed by atoms with van der Waals surface area (Å²) in [6.07, 6.45) is 0. The van der Waals surface area contributed by atoms with Gasteiger partial charge in [0.1, 0.15) is 0 Å². The molecular formula is C11H16BrNO2S. The lowest BCUT2D eigenvalue weighted by Gasteiger charge is -2.19. The van der Waals surface area contributed by atoms with Crippen LogP contribution in [0.1, 0.15) is 19.4 Å². The second-order valence-electron chi connectivity index (χ2n) is 3.50. The first kappa shape index (κ1) is 13.7. The molecule has 90 valence electrons. The Bertz CT molecular complexity index is 467. The number of benzene rings is 1. The molecule has 0 saturated heterocycles. The largest absolute Gasteiger partial charge is 0.243 e. The topological polar surface area (TPSA) is 37.4 Å². The summed E-state index contributed by atoms with van der Waals surface area (Å²) in [6, 6.07) is 5.31. The van der Waals surface area contributed by atoms with E-state index in [9.17, 15) is 8.42 Å². The van der Waals surface area contributed by atoms with E-state index in [1.165, 1.54) is 4.31 Å². The summed E-state index contributed by atoms with van der Waals surface area (Å²) in [5, 5.41) is 0. The van der Waals surface area contributed by atoms with Crippen molar-refractivity contribution in [2.75, 3.05) is 13.1 Å². The first-order chi connectivity index (χ1) is 7.43. The predicted molar refractivity (Wildman–Crippen MR) is 69.0 cm³/mol. The standard InChI is InChI=1S/C11H16BrNO2S/c1-4-13(5-2)16(14,15)11-8-10(12)7-6-9(11)3/h6-8H,4-5H2,1-3H3. The molecule has 0 aliphatic heterocycles. The van der Waals surface area contributed by atoms with E-state index in [2.05, 4.69) is 15.9 Å². The summed E-state index contributed by atoms with van der Waals surface area (Å²) >= 11 is 3.30. The van der Waals surface area contributed by atoms with Gasteiger partial charge in [-0.25, -0.2) is 8.42 Å². The third-order valence-corrected chi connectivity index (χ3v) is 5.16.